The van der Waals surface area contributed by atoms with E-state index in [9.17, 15) is 18.0 Å². The van der Waals surface area contributed by atoms with E-state index in [1.54, 1.807) is 24.5 Å². The fourth-order valence-corrected chi connectivity index (χ4v) is 5.03. The normalized spacial score (nSPS) is 14.2. The van der Waals surface area contributed by atoms with Crippen molar-refractivity contribution >= 4 is 39.7 Å². The van der Waals surface area contributed by atoms with Crippen molar-refractivity contribution in [3.05, 3.63) is 96.4 Å². The third kappa shape index (κ3) is 5.77. The molecule has 4 heterocycles. The molecule has 3 aromatic heterocycles. The summed E-state index contributed by atoms with van der Waals surface area (Å²) in [4.78, 5) is 29.9. The van der Waals surface area contributed by atoms with E-state index in [0.29, 0.717) is 16.9 Å². The Kier molecular flexibility index (Phi) is 7.26. The number of H-pyrrole nitrogens is 1. The van der Waals surface area contributed by atoms with Crippen molar-refractivity contribution in [2.75, 3.05) is 48.8 Å². The van der Waals surface area contributed by atoms with Crippen LogP contribution in [0.15, 0.2) is 85.3 Å². The average Bonchev–Trinajstić information content (AvgIpc) is 3.47. The number of amides is 1. The second kappa shape index (κ2) is 11.2. The number of hydrogen-bond acceptors (Lipinski definition) is 6. The topological polar surface area (TPSA) is 89.2 Å². The van der Waals surface area contributed by atoms with Crippen molar-refractivity contribution in [3.63, 3.8) is 0 Å². The highest BCUT2D eigenvalue weighted by atomic mass is 19.4. The first-order valence-corrected chi connectivity index (χ1v) is 13.5. The summed E-state index contributed by atoms with van der Waals surface area (Å²) in [6, 6.07) is 17.6. The Bertz CT molecular complexity index is 1730. The standard InChI is InChI=1S/C31H28F3N7O/c1-40-12-14-41(15-13-40)28-8-7-20(30(42)37-23-6-2-5-22(17-23)31(32,33)34)16-27(28)38-26-18-25(21-4-3-10-35-19-21)39-29-24(26)9-11-36-29/h2-11,16-19H,12-15H2,1H3,(H,37,42)(H2,36,38,39). The molecule has 0 spiro atoms. The Morgan fingerprint density at radius 3 is 2.55 bits per heavy atom. The number of fused-ring (bicyclic) bond motifs is 1. The van der Waals surface area contributed by atoms with Gasteiger partial charge in [-0.3, -0.25) is 9.78 Å². The van der Waals surface area contributed by atoms with Crippen molar-refractivity contribution < 1.29 is 18.0 Å². The van der Waals surface area contributed by atoms with Crippen LogP contribution in [0.3, 0.4) is 0 Å². The summed E-state index contributed by atoms with van der Waals surface area (Å²) >= 11 is 0. The van der Waals surface area contributed by atoms with E-state index >= 15 is 0 Å². The number of rotatable bonds is 6. The number of hydrogen-bond donors (Lipinski definition) is 3. The number of halogens is 3. The van der Waals surface area contributed by atoms with Crippen molar-refractivity contribution in [1.82, 2.24) is 19.9 Å². The number of carbonyl (C=O) groups excluding carboxylic acids is 1. The lowest BCUT2D eigenvalue weighted by atomic mass is 10.1. The molecular formula is C31H28F3N7O. The van der Waals surface area contributed by atoms with Crippen LogP contribution in [0.2, 0.25) is 0 Å². The first-order chi connectivity index (χ1) is 20.2. The van der Waals surface area contributed by atoms with Crippen LogP contribution in [-0.2, 0) is 6.18 Å². The molecule has 1 aliphatic rings. The predicted molar refractivity (Wildman–Crippen MR) is 158 cm³/mol. The van der Waals surface area contributed by atoms with Gasteiger partial charge >= 0.3 is 6.18 Å². The van der Waals surface area contributed by atoms with Crippen LogP contribution in [0.25, 0.3) is 22.3 Å². The number of likely N-dealkylation sites (N-methyl/N-ethyl adjacent to an activating group) is 1. The fraction of sp³-hybridized carbons (Fsp3) is 0.194. The largest absolute Gasteiger partial charge is 0.416 e. The third-order valence-corrected chi connectivity index (χ3v) is 7.31. The molecule has 11 heteroatoms. The molecule has 0 bridgehead atoms. The van der Waals surface area contributed by atoms with Gasteiger partial charge in [-0.2, -0.15) is 13.2 Å². The quantitative estimate of drug-likeness (QED) is 0.219. The average molecular weight is 572 g/mol. The molecule has 0 atom stereocenters. The molecule has 214 valence electrons. The van der Waals surface area contributed by atoms with Crippen LogP contribution in [0, 0.1) is 0 Å². The molecule has 8 nitrogen and oxygen atoms in total. The van der Waals surface area contributed by atoms with E-state index in [1.165, 1.54) is 12.1 Å². The smallest absolute Gasteiger partial charge is 0.367 e. The van der Waals surface area contributed by atoms with Crippen molar-refractivity contribution in [3.8, 4) is 11.3 Å². The molecule has 5 aromatic rings. The molecule has 42 heavy (non-hydrogen) atoms. The number of benzene rings is 2. The van der Waals surface area contributed by atoms with E-state index in [4.69, 9.17) is 4.98 Å². The van der Waals surface area contributed by atoms with Gasteiger partial charge in [-0.1, -0.05) is 6.07 Å². The van der Waals surface area contributed by atoms with Gasteiger partial charge in [-0.05, 0) is 67.7 Å². The molecule has 1 amide bonds. The number of nitrogens with zero attached hydrogens (tertiary/aromatic N) is 4. The molecule has 1 fully saturated rings. The minimum absolute atomic E-state index is 0.0664. The number of aromatic amines is 1. The summed E-state index contributed by atoms with van der Waals surface area (Å²) in [5.41, 5.74) is 4.21. The number of carbonyl (C=O) groups is 1. The molecule has 3 N–H and O–H groups in total. The van der Waals surface area contributed by atoms with Gasteiger partial charge < -0.3 is 25.4 Å². The minimum Gasteiger partial charge on any atom is -0.367 e. The highest BCUT2D eigenvalue weighted by Gasteiger charge is 2.30. The maximum Gasteiger partial charge on any atom is 0.416 e. The maximum absolute atomic E-state index is 13.3. The monoisotopic (exact) mass is 571 g/mol. The first kappa shape index (κ1) is 27.3. The zero-order valence-corrected chi connectivity index (χ0v) is 22.7. The van der Waals surface area contributed by atoms with E-state index < -0.39 is 17.6 Å². The molecule has 1 saturated heterocycles. The maximum atomic E-state index is 13.3. The van der Waals surface area contributed by atoms with Crippen LogP contribution in [0.4, 0.5) is 35.9 Å². The van der Waals surface area contributed by atoms with Gasteiger partial charge in [0.05, 0.1) is 28.3 Å². The number of piperazine rings is 1. The Morgan fingerprint density at radius 1 is 0.952 bits per heavy atom. The highest BCUT2D eigenvalue weighted by Crippen LogP contribution is 2.36. The van der Waals surface area contributed by atoms with Crippen molar-refractivity contribution in [2.45, 2.75) is 6.18 Å². The van der Waals surface area contributed by atoms with E-state index in [-0.39, 0.29) is 5.69 Å². The molecule has 0 aliphatic carbocycles. The Balaban J connectivity index is 1.37. The lowest BCUT2D eigenvalue weighted by molar-refractivity contribution is -0.137. The zero-order chi connectivity index (χ0) is 29.3. The number of pyridine rings is 2. The van der Waals surface area contributed by atoms with E-state index in [2.05, 4.69) is 37.4 Å². The fourth-order valence-electron chi connectivity index (χ4n) is 5.03. The summed E-state index contributed by atoms with van der Waals surface area (Å²) in [6.07, 6.45) is 0.754. The van der Waals surface area contributed by atoms with E-state index in [1.807, 2.05) is 36.5 Å². The van der Waals surface area contributed by atoms with Crippen LogP contribution < -0.4 is 15.5 Å². The van der Waals surface area contributed by atoms with Gasteiger partial charge in [0.1, 0.15) is 5.65 Å². The molecule has 2 aromatic carbocycles. The van der Waals surface area contributed by atoms with Gasteiger partial charge in [-0.25, -0.2) is 4.98 Å². The van der Waals surface area contributed by atoms with Gasteiger partial charge in [0.25, 0.3) is 5.91 Å². The van der Waals surface area contributed by atoms with Gasteiger partial charge in [-0.15, -0.1) is 0 Å². The number of aromatic nitrogens is 3. The van der Waals surface area contributed by atoms with E-state index in [0.717, 1.165) is 66.3 Å². The molecular weight excluding hydrogens is 543 g/mol. The molecule has 0 unspecified atom stereocenters. The molecule has 1 aliphatic heterocycles. The number of alkyl halides is 3. The van der Waals surface area contributed by atoms with Crippen molar-refractivity contribution in [2.24, 2.45) is 0 Å². The summed E-state index contributed by atoms with van der Waals surface area (Å²) in [6.45, 7) is 3.38. The van der Waals surface area contributed by atoms with Crippen LogP contribution in [-0.4, -0.2) is 59.0 Å². The van der Waals surface area contributed by atoms with Crippen molar-refractivity contribution in [1.29, 1.82) is 0 Å². The first-order valence-electron chi connectivity index (χ1n) is 13.5. The summed E-state index contributed by atoms with van der Waals surface area (Å²) in [7, 11) is 2.08. The van der Waals surface area contributed by atoms with Crippen LogP contribution >= 0.6 is 0 Å². The Labute approximate surface area is 240 Å². The van der Waals surface area contributed by atoms with Gasteiger partial charge in [0.2, 0.25) is 0 Å². The number of anilines is 4. The summed E-state index contributed by atoms with van der Waals surface area (Å²) in [5, 5.41) is 7.02. The molecule has 6 rings (SSSR count). The predicted octanol–water partition coefficient (Wildman–Crippen LogP) is 6.39. The molecule has 0 radical (unpaired) electrons. The Morgan fingerprint density at radius 2 is 1.79 bits per heavy atom. The second-order valence-corrected chi connectivity index (χ2v) is 10.2. The minimum atomic E-state index is -4.51. The van der Waals surface area contributed by atoms with Gasteiger partial charge in [0, 0.05) is 67.0 Å². The summed E-state index contributed by atoms with van der Waals surface area (Å²) < 4.78 is 39.7. The lowest BCUT2D eigenvalue weighted by Gasteiger charge is -2.35. The zero-order valence-electron chi connectivity index (χ0n) is 22.7. The number of nitrogens with one attached hydrogen (secondary N) is 3. The van der Waals surface area contributed by atoms with Gasteiger partial charge in [0.15, 0.2) is 0 Å². The summed E-state index contributed by atoms with van der Waals surface area (Å²) in [5.74, 6) is -0.514. The third-order valence-electron chi connectivity index (χ3n) is 7.31. The SMILES string of the molecule is CN1CCN(c2ccc(C(=O)Nc3cccc(C(F)(F)F)c3)cc2Nc2cc(-c3cccnc3)nc3[nH]ccc23)CC1. The Hall–Kier alpha value is -4.90. The van der Waals surface area contributed by atoms with Crippen LogP contribution in [0.1, 0.15) is 15.9 Å². The van der Waals surface area contributed by atoms with Crippen LogP contribution in [0.5, 0.6) is 0 Å². The highest BCUT2D eigenvalue weighted by molar-refractivity contribution is 6.06. The second-order valence-electron chi connectivity index (χ2n) is 10.2. The lowest BCUT2D eigenvalue weighted by Crippen LogP contribution is -2.44. The molecule has 0 saturated carbocycles.